The van der Waals surface area contributed by atoms with Crippen LogP contribution in [0.1, 0.15) is 5.56 Å². The molecular formula is C20H12ClN5O3S. The van der Waals surface area contributed by atoms with Crippen LogP contribution < -0.4 is 20.7 Å². The number of thiazole rings is 1. The number of para-hydroxylation sites is 1. The van der Waals surface area contributed by atoms with Crippen molar-refractivity contribution in [2.45, 2.75) is 0 Å². The van der Waals surface area contributed by atoms with Crippen LogP contribution >= 0.6 is 22.9 Å². The molecule has 0 atom stereocenters. The normalized spacial score (nSPS) is 15.1. The summed E-state index contributed by atoms with van der Waals surface area (Å²) < 4.78 is 1.39. The average molecular weight is 438 g/mol. The second-order valence-corrected chi connectivity index (χ2v) is 8.04. The number of carbonyl (C=O) groups excluding carboxylic acids is 2. The molecule has 10 heteroatoms. The van der Waals surface area contributed by atoms with Crippen LogP contribution in [0.25, 0.3) is 21.9 Å². The Balaban J connectivity index is 1.72. The SMILES string of the molecule is NC(=O)CN1C(=O)C(=c2sc3nc(-c4cccc(Cl)c4)nn3c2=O)c2ccccc21. The van der Waals surface area contributed by atoms with E-state index >= 15 is 0 Å². The van der Waals surface area contributed by atoms with Crippen molar-refractivity contribution in [1.82, 2.24) is 14.6 Å². The van der Waals surface area contributed by atoms with Gasteiger partial charge >= 0.3 is 0 Å². The Kier molecular flexibility index (Phi) is 4.16. The lowest BCUT2D eigenvalue weighted by Crippen LogP contribution is -2.37. The molecule has 2 aromatic heterocycles. The van der Waals surface area contributed by atoms with Gasteiger partial charge in [-0.3, -0.25) is 19.3 Å². The Morgan fingerprint density at radius 1 is 1.13 bits per heavy atom. The molecule has 0 bridgehead atoms. The number of amides is 2. The van der Waals surface area contributed by atoms with Crippen molar-refractivity contribution in [1.29, 1.82) is 0 Å². The van der Waals surface area contributed by atoms with E-state index in [0.717, 1.165) is 11.3 Å². The van der Waals surface area contributed by atoms with E-state index in [-0.39, 0.29) is 16.7 Å². The van der Waals surface area contributed by atoms with Gasteiger partial charge in [-0.05, 0) is 18.2 Å². The first-order valence-electron chi connectivity index (χ1n) is 8.83. The topological polar surface area (TPSA) is 111 Å². The number of halogens is 1. The number of nitrogens with zero attached hydrogens (tertiary/aromatic N) is 4. The molecule has 1 aliphatic rings. The highest BCUT2D eigenvalue weighted by Crippen LogP contribution is 2.34. The Labute approximate surface area is 177 Å². The van der Waals surface area contributed by atoms with Gasteiger partial charge in [-0.1, -0.05) is 53.3 Å². The molecule has 2 amide bonds. The van der Waals surface area contributed by atoms with Crippen LogP contribution in [0.4, 0.5) is 5.69 Å². The largest absolute Gasteiger partial charge is 0.368 e. The zero-order valence-corrected chi connectivity index (χ0v) is 16.8. The molecule has 4 aromatic rings. The van der Waals surface area contributed by atoms with E-state index < -0.39 is 17.4 Å². The Bertz CT molecular complexity index is 1480. The van der Waals surface area contributed by atoms with Crippen LogP contribution in [0.15, 0.2) is 53.3 Å². The predicted molar refractivity (Wildman–Crippen MR) is 113 cm³/mol. The third-order valence-electron chi connectivity index (χ3n) is 4.70. The van der Waals surface area contributed by atoms with Gasteiger partial charge in [0.2, 0.25) is 10.9 Å². The molecule has 148 valence electrons. The molecule has 0 aliphatic carbocycles. The quantitative estimate of drug-likeness (QED) is 0.518. The summed E-state index contributed by atoms with van der Waals surface area (Å²) in [5.41, 5.74) is 6.86. The molecule has 2 aromatic carbocycles. The van der Waals surface area contributed by atoms with Crippen LogP contribution in [0, 0.1) is 0 Å². The fraction of sp³-hybridized carbons (Fsp3) is 0.0500. The fourth-order valence-electron chi connectivity index (χ4n) is 3.45. The molecule has 0 unspecified atom stereocenters. The van der Waals surface area contributed by atoms with E-state index in [1.165, 1.54) is 9.42 Å². The van der Waals surface area contributed by atoms with Gasteiger partial charge in [0.25, 0.3) is 11.5 Å². The van der Waals surface area contributed by atoms with Gasteiger partial charge in [0.15, 0.2) is 5.82 Å². The third-order valence-corrected chi connectivity index (χ3v) is 5.97. The van der Waals surface area contributed by atoms with Crippen LogP contribution in [0.2, 0.25) is 5.02 Å². The maximum absolute atomic E-state index is 13.1. The van der Waals surface area contributed by atoms with Gasteiger partial charge in [-0.25, -0.2) is 0 Å². The van der Waals surface area contributed by atoms with Crippen molar-refractivity contribution in [3.8, 4) is 11.4 Å². The highest BCUT2D eigenvalue weighted by Gasteiger charge is 2.35. The van der Waals surface area contributed by atoms with E-state index in [1.54, 1.807) is 48.5 Å². The number of rotatable bonds is 3. The number of anilines is 1. The summed E-state index contributed by atoms with van der Waals surface area (Å²) >= 11 is 7.10. The smallest absolute Gasteiger partial charge is 0.291 e. The van der Waals surface area contributed by atoms with E-state index in [9.17, 15) is 14.4 Å². The molecule has 0 spiro atoms. The minimum absolute atomic E-state index is 0.215. The number of benzene rings is 2. The summed E-state index contributed by atoms with van der Waals surface area (Å²) in [6.07, 6.45) is 0. The summed E-state index contributed by atoms with van der Waals surface area (Å²) in [6, 6.07) is 14.0. The number of aromatic nitrogens is 3. The molecule has 5 rings (SSSR count). The van der Waals surface area contributed by atoms with Gasteiger partial charge in [0, 0.05) is 16.1 Å². The minimum atomic E-state index is -0.643. The standard InChI is InChI=1S/C20H12ClN5O3S/c21-11-5-3-4-10(8-11)17-23-20-26(24-17)19(29)16(30-20)15-12-6-1-2-7-13(12)25(18(15)28)9-14(22)27/h1-8H,9H2,(H2,22,27). The molecule has 1 aliphatic heterocycles. The maximum Gasteiger partial charge on any atom is 0.291 e. The van der Waals surface area contributed by atoms with Gasteiger partial charge in [-0.15, -0.1) is 5.10 Å². The van der Waals surface area contributed by atoms with E-state index in [4.69, 9.17) is 17.3 Å². The zero-order chi connectivity index (χ0) is 21.0. The second kappa shape index (κ2) is 6.75. The number of primary amides is 1. The van der Waals surface area contributed by atoms with Crippen LogP contribution in [0.5, 0.6) is 0 Å². The Morgan fingerprint density at radius 2 is 1.93 bits per heavy atom. The average Bonchev–Trinajstić information content (AvgIpc) is 3.34. The predicted octanol–water partition coefficient (Wildman–Crippen LogP) is 1.22. The highest BCUT2D eigenvalue weighted by molar-refractivity contribution is 7.15. The van der Waals surface area contributed by atoms with Crippen molar-refractivity contribution >= 4 is 51.0 Å². The van der Waals surface area contributed by atoms with Crippen molar-refractivity contribution in [2.24, 2.45) is 5.73 Å². The Hall–Kier alpha value is -3.56. The molecule has 30 heavy (non-hydrogen) atoms. The first kappa shape index (κ1) is 18.5. The third kappa shape index (κ3) is 2.78. The zero-order valence-electron chi connectivity index (χ0n) is 15.2. The van der Waals surface area contributed by atoms with Crippen LogP contribution in [0.3, 0.4) is 0 Å². The lowest BCUT2D eigenvalue weighted by Gasteiger charge is -2.14. The van der Waals surface area contributed by atoms with Crippen molar-refractivity contribution in [3.05, 3.63) is 74.0 Å². The second-order valence-electron chi connectivity index (χ2n) is 6.63. The first-order valence-corrected chi connectivity index (χ1v) is 10.0. The molecule has 2 N–H and O–H groups in total. The van der Waals surface area contributed by atoms with Gasteiger partial charge in [0.1, 0.15) is 11.1 Å². The summed E-state index contributed by atoms with van der Waals surface area (Å²) in [6.45, 7) is -0.271. The van der Waals surface area contributed by atoms with E-state index in [0.29, 0.717) is 32.6 Å². The fourth-order valence-corrected chi connectivity index (χ4v) is 4.64. The summed E-state index contributed by atoms with van der Waals surface area (Å²) in [4.78, 5) is 43.6. The number of nitrogens with two attached hydrogens (primary N) is 1. The summed E-state index contributed by atoms with van der Waals surface area (Å²) in [7, 11) is 0. The van der Waals surface area contributed by atoms with E-state index in [2.05, 4.69) is 10.1 Å². The number of carbonyl (C=O) groups is 2. The Morgan fingerprint density at radius 3 is 2.67 bits per heavy atom. The lowest BCUT2D eigenvalue weighted by atomic mass is 10.1. The number of hydrogen-bond acceptors (Lipinski definition) is 6. The summed E-state index contributed by atoms with van der Waals surface area (Å²) in [5, 5.41) is 4.83. The summed E-state index contributed by atoms with van der Waals surface area (Å²) in [5.74, 6) is -0.729. The molecular weight excluding hydrogens is 426 g/mol. The molecule has 0 saturated heterocycles. The molecule has 0 saturated carbocycles. The van der Waals surface area contributed by atoms with Crippen molar-refractivity contribution < 1.29 is 9.59 Å². The number of fused-ring (bicyclic) bond motifs is 2. The van der Waals surface area contributed by atoms with E-state index in [1.807, 2.05) is 0 Å². The van der Waals surface area contributed by atoms with Gasteiger partial charge in [-0.2, -0.15) is 9.50 Å². The van der Waals surface area contributed by atoms with Crippen LogP contribution in [-0.4, -0.2) is 33.0 Å². The molecule has 0 fully saturated rings. The molecule has 8 nitrogen and oxygen atoms in total. The maximum atomic E-state index is 13.1. The first-order chi connectivity index (χ1) is 14.4. The van der Waals surface area contributed by atoms with Crippen molar-refractivity contribution in [3.63, 3.8) is 0 Å². The van der Waals surface area contributed by atoms with Crippen LogP contribution in [-0.2, 0) is 9.59 Å². The lowest BCUT2D eigenvalue weighted by molar-refractivity contribution is -0.119. The highest BCUT2D eigenvalue weighted by atomic mass is 35.5. The molecule has 3 heterocycles. The molecule has 0 radical (unpaired) electrons. The van der Waals surface area contributed by atoms with Gasteiger partial charge in [0.05, 0.1) is 11.3 Å². The van der Waals surface area contributed by atoms with Gasteiger partial charge < -0.3 is 5.73 Å². The van der Waals surface area contributed by atoms with Crippen molar-refractivity contribution in [2.75, 3.05) is 11.4 Å². The minimum Gasteiger partial charge on any atom is -0.368 e. The monoisotopic (exact) mass is 437 g/mol. The number of hydrogen-bond donors (Lipinski definition) is 1.